The zero-order valence-electron chi connectivity index (χ0n) is 13.9. The molecule has 0 amide bonds. The Labute approximate surface area is 135 Å². The summed E-state index contributed by atoms with van der Waals surface area (Å²) in [6, 6.07) is 5.10. The lowest BCUT2D eigenvalue weighted by atomic mass is 10.0. The van der Waals surface area contributed by atoms with Crippen LogP contribution in [0, 0.1) is 0 Å². The minimum Gasteiger partial charge on any atom is -0.303 e. The molecule has 1 aromatic rings. The smallest absolute Gasteiger partial charge is 0.0299 e. The highest BCUT2D eigenvalue weighted by molar-refractivity contribution is 5.08. The van der Waals surface area contributed by atoms with Gasteiger partial charge in [-0.3, -0.25) is 4.98 Å². The Morgan fingerprint density at radius 2 is 1.77 bits per heavy atom. The number of aryl methyl sites for hydroxylation is 1. The summed E-state index contributed by atoms with van der Waals surface area (Å²) in [6.07, 6.45) is 14.8. The molecule has 0 bridgehead atoms. The van der Waals surface area contributed by atoms with Gasteiger partial charge in [-0.05, 0) is 82.9 Å². The minimum absolute atomic E-state index is 0.868. The number of pyridine rings is 1. The zero-order valence-corrected chi connectivity index (χ0v) is 13.9. The molecule has 0 saturated carbocycles. The number of hydrogen-bond donors (Lipinski definition) is 0. The van der Waals surface area contributed by atoms with E-state index in [0.717, 1.165) is 6.04 Å². The topological polar surface area (TPSA) is 19.4 Å². The van der Waals surface area contributed by atoms with Crippen LogP contribution < -0.4 is 0 Å². The van der Waals surface area contributed by atoms with E-state index in [1.165, 1.54) is 89.7 Å². The van der Waals surface area contributed by atoms with Gasteiger partial charge in [0, 0.05) is 18.4 Å². The predicted octanol–water partition coefficient (Wildman–Crippen LogP) is 3.35. The molecule has 2 saturated heterocycles. The maximum atomic E-state index is 4.20. The van der Waals surface area contributed by atoms with E-state index in [0.29, 0.717) is 0 Å². The van der Waals surface area contributed by atoms with Crippen LogP contribution in [0.15, 0.2) is 24.5 Å². The number of rotatable bonds is 5. The molecule has 0 N–H and O–H groups in total. The van der Waals surface area contributed by atoms with E-state index in [1.807, 2.05) is 18.5 Å². The molecule has 0 aliphatic carbocycles. The van der Waals surface area contributed by atoms with E-state index in [1.54, 1.807) is 0 Å². The number of likely N-dealkylation sites (tertiary alicyclic amines) is 2. The average molecular weight is 301 g/mol. The summed E-state index contributed by atoms with van der Waals surface area (Å²) in [4.78, 5) is 9.66. The molecule has 3 heterocycles. The second kappa shape index (κ2) is 8.64. The highest BCUT2D eigenvalue weighted by Crippen LogP contribution is 2.20. The first kappa shape index (κ1) is 15.9. The molecule has 122 valence electrons. The molecule has 2 aliphatic rings. The van der Waals surface area contributed by atoms with E-state index in [2.05, 4.69) is 20.9 Å². The van der Waals surface area contributed by atoms with Crippen LogP contribution in [-0.4, -0.2) is 53.5 Å². The first-order valence-electron chi connectivity index (χ1n) is 9.27. The lowest BCUT2D eigenvalue weighted by Crippen LogP contribution is -2.45. The predicted molar refractivity (Wildman–Crippen MR) is 92.1 cm³/mol. The van der Waals surface area contributed by atoms with Gasteiger partial charge in [0.15, 0.2) is 0 Å². The first-order valence-corrected chi connectivity index (χ1v) is 9.27. The monoisotopic (exact) mass is 301 g/mol. The highest BCUT2D eigenvalue weighted by Gasteiger charge is 2.24. The number of piperidine rings is 1. The summed E-state index contributed by atoms with van der Waals surface area (Å²) >= 11 is 0. The quantitative estimate of drug-likeness (QED) is 0.831. The van der Waals surface area contributed by atoms with Gasteiger partial charge in [-0.1, -0.05) is 18.9 Å². The Bertz CT molecular complexity index is 404. The molecule has 3 heteroatoms. The van der Waals surface area contributed by atoms with E-state index in [4.69, 9.17) is 0 Å². The van der Waals surface area contributed by atoms with Crippen LogP contribution in [0.3, 0.4) is 0 Å². The van der Waals surface area contributed by atoms with E-state index >= 15 is 0 Å². The summed E-state index contributed by atoms with van der Waals surface area (Å²) in [5, 5.41) is 0. The lowest BCUT2D eigenvalue weighted by Gasteiger charge is -2.38. The molecule has 2 fully saturated rings. The molecule has 3 rings (SSSR count). The van der Waals surface area contributed by atoms with Crippen molar-refractivity contribution >= 4 is 0 Å². The fourth-order valence-electron chi connectivity index (χ4n) is 4.02. The van der Waals surface area contributed by atoms with Gasteiger partial charge in [-0.15, -0.1) is 0 Å². The summed E-state index contributed by atoms with van der Waals surface area (Å²) in [7, 11) is 0. The van der Waals surface area contributed by atoms with Crippen molar-refractivity contribution in [2.75, 3.05) is 32.7 Å². The van der Waals surface area contributed by atoms with Gasteiger partial charge < -0.3 is 9.80 Å². The molecule has 0 aromatic carbocycles. The van der Waals surface area contributed by atoms with Crippen LogP contribution in [0.4, 0.5) is 0 Å². The molecule has 0 atom stereocenters. The van der Waals surface area contributed by atoms with Crippen LogP contribution in [0.5, 0.6) is 0 Å². The molecule has 0 spiro atoms. The molecule has 22 heavy (non-hydrogen) atoms. The van der Waals surface area contributed by atoms with Crippen LogP contribution in [0.1, 0.15) is 50.5 Å². The molecule has 1 aromatic heterocycles. The summed E-state index contributed by atoms with van der Waals surface area (Å²) in [5.74, 6) is 0. The standard InChI is InChI=1S/C19H31N3/c1-2-4-14-22(13-3-1)19-9-15-21(16-10-19)12-6-8-18-7-5-11-20-17-18/h5,7,11,17,19H,1-4,6,8-10,12-16H2. The van der Waals surface area contributed by atoms with Crippen molar-refractivity contribution < 1.29 is 0 Å². The minimum atomic E-state index is 0.868. The SMILES string of the molecule is c1cncc(CCCN2CCC(N3CCCCCC3)CC2)c1. The maximum absolute atomic E-state index is 4.20. The van der Waals surface area contributed by atoms with Crippen LogP contribution in [0.2, 0.25) is 0 Å². The van der Waals surface area contributed by atoms with Gasteiger partial charge >= 0.3 is 0 Å². The third-order valence-corrected chi connectivity index (χ3v) is 5.38. The van der Waals surface area contributed by atoms with Crippen molar-refractivity contribution in [3.63, 3.8) is 0 Å². The molecule has 2 aliphatic heterocycles. The van der Waals surface area contributed by atoms with Crippen LogP contribution in [-0.2, 0) is 6.42 Å². The summed E-state index contributed by atoms with van der Waals surface area (Å²) in [6.45, 7) is 6.56. The van der Waals surface area contributed by atoms with Crippen molar-refractivity contribution in [3.05, 3.63) is 30.1 Å². The Morgan fingerprint density at radius 1 is 1.00 bits per heavy atom. The van der Waals surface area contributed by atoms with Crippen LogP contribution >= 0.6 is 0 Å². The molecule has 0 radical (unpaired) electrons. The van der Waals surface area contributed by atoms with Gasteiger partial charge in [0.25, 0.3) is 0 Å². The highest BCUT2D eigenvalue weighted by atomic mass is 15.2. The summed E-state index contributed by atoms with van der Waals surface area (Å²) < 4.78 is 0. The number of nitrogens with zero attached hydrogens (tertiary/aromatic N) is 3. The normalized spacial score (nSPS) is 22.5. The number of hydrogen-bond acceptors (Lipinski definition) is 3. The Balaban J connectivity index is 1.35. The van der Waals surface area contributed by atoms with Crippen molar-refractivity contribution in [1.82, 2.24) is 14.8 Å². The van der Waals surface area contributed by atoms with Gasteiger partial charge in [0.05, 0.1) is 0 Å². The van der Waals surface area contributed by atoms with E-state index < -0.39 is 0 Å². The fourth-order valence-corrected chi connectivity index (χ4v) is 4.02. The van der Waals surface area contributed by atoms with Gasteiger partial charge in [0.2, 0.25) is 0 Å². The zero-order chi connectivity index (χ0) is 15.0. The largest absolute Gasteiger partial charge is 0.303 e. The summed E-state index contributed by atoms with van der Waals surface area (Å²) in [5.41, 5.74) is 1.38. The van der Waals surface area contributed by atoms with Gasteiger partial charge in [-0.2, -0.15) is 0 Å². The molecule has 3 nitrogen and oxygen atoms in total. The van der Waals surface area contributed by atoms with E-state index in [-0.39, 0.29) is 0 Å². The van der Waals surface area contributed by atoms with Crippen molar-refractivity contribution in [2.45, 2.75) is 57.4 Å². The Hall–Kier alpha value is -0.930. The second-order valence-corrected chi connectivity index (χ2v) is 6.99. The van der Waals surface area contributed by atoms with Gasteiger partial charge in [-0.25, -0.2) is 0 Å². The first-order chi connectivity index (χ1) is 10.9. The fraction of sp³-hybridized carbons (Fsp3) is 0.737. The van der Waals surface area contributed by atoms with Crippen molar-refractivity contribution in [1.29, 1.82) is 0 Å². The van der Waals surface area contributed by atoms with Crippen molar-refractivity contribution in [3.8, 4) is 0 Å². The molecule has 0 unspecified atom stereocenters. The molecular weight excluding hydrogens is 270 g/mol. The Morgan fingerprint density at radius 3 is 2.45 bits per heavy atom. The lowest BCUT2D eigenvalue weighted by molar-refractivity contribution is 0.110. The third kappa shape index (κ3) is 4.79. The Kier molecular flexibility index (Phi) is 6.26. The average Bonchev–Trinajstić information content (AvgIpc) is 2.86. The van der Waals surface area contributed by atoms with E-state index in [9.17, 15) is 0 Å². The molecular formula is C19H31N3. The van der Waals surface area contributed by atoms with Gasteiger partial charge in [0.1, 0.15) is 0 Å². The third-order valence-electron chi connectivity index (χ3n) is 5.38. The second-order valence-electron chi connectivity index (χ2n) is 6.99. The maximum Gasteiger partial charge on any atom is 0.0299 e. The number of aromatic nitrogens is 1. The van der Waals surface area contributed by atoms with Crippen molar-refractivity contribution in [2.24, 2.45) is 0 Å². The van der Waals surface area contributed by atoms with Crippen LogP contribution in [0.25, 0.3) is 0 Å².